The van der Waals surface area contributed by atoms with Crippen LogP contribution in [0.3, 0.4) is 0 Å². The molecule has 3 heteroatoms. The summed E-state index contributed by atoms with van der Waals surface area (Å²) in [5, 5.41) is 1.34. The number of rotatable bonds is 4. The van der Waals surface area contributed by atoms with Crippen LogP contribution < -0.4 is 0 Å². The third kappa shape index (κ3) is 3.38. The lowest BCUT2D eigenvalue weighted by molar-refractivity contribution is 0.203. The lowest BCUT2D eigenvalue weighted by atomic mass is 9.95. The number of fused-ring (bicyclic) bond motifs is 1. The van der Waals surface area contributed by atoms with E-state index in [1.54, 1.807) is 0 Å². The van der Waals surface area contributed by atoms with Gasteiger partial charge in [-0.15, -0.1) is 11.3 Å². The molecule has 1 aromatic heterocycles. The van der Waals surface area contributed by atoms with Crippen molar-refractivity contribution in [2.24, 2.45) is 0 Å². The maximum Gasteiger partial charge on any atom is 0.0970 e. The van der Waals surface area contributed by atoms with Crippen LogP contribution >= 0.6 is 11.3 Å². The molecular formula is C21H24N2S. The molecule has 0 aliphatic carbocycles. The largest absolute Gasteiger partial charge is 0.303 e. The number of benzene rings is 2. The summed E-state index contributed by atoms with van der Waals surface area (Å²) in [5.74, 6) is 1.25. The molecule has 1 unspecified atom stereocenters. The summed E-state index contributed by atoms with van der Waals surface area (Å²) in [4.78, 5) is 7.50. The van der Waals surface area contributed by atoms with Crippen LogP contribution in [-0.2, 0) is 0 Å². The smallest absolute Gasteiger partial charge is 0.0970 e. The second-order valence-electron chi connectivity index (χ2n) is 6.91. The van der Waals surface area contributed by atoms with Crippen molar-refractivity contribution < 1.29 is 0 Å². The van der Waals surface area contributed by atoms with Gasteiger partial charge in [0, 0.05) is 12.5 Å². The highest BCUT2D eigenvalue weighted by Gasteiger charge is 2.24. The van der Waals surface area contributed by atoms with Gasteiger partial charge in [-0.3, -0.25) is 0 Å². The molecular weight excluding hydrogens is 312 g/mol. The zero-order valence-corrected chi connectivity index (χ0v) is 15.0. The van der Waals surface area contributed by atoms with Crippen molar-refractivity contribution >= 4 is 21.6 Å². The maximum atomic E-state index is 4.87. The molecule has 1 atom stereocenters. The van der Waals surface area contributed by atoms with Crippen molar-refractivity contribution in [1.82, 2.24) is 9.88 Å². The van der Waals surface area contributed by atoms with Gasteiger partial charge in [-0.05, 0) is 49.5 Å². The minimum atomic E-state index is 0.602. The number of para-hydroxylation sites is 1. The van der Waals surface area contributed by atoms with E-state index in [0.717, 1.165) is 12.1 Å². The molecule has 2 nitrogen and oxygen atoms in total. The standard InChI is InChI=1S/C21H24N2S/c1-16(17-7-3-2-4-8-17)15-23-13-11-18(12-14-23)21-22-19-9-5-6-10-20(19)24-21/h2-10,16,18H,11-15H2,1H3. The van der Waals surface area contributed by atoms with Crippen LogP contribution in [0.25, 0.3) is 10.2 Å². The van der Waals surface area contributed by atoms with Crippen molar-refractivity contribution in [2.75, 3.05) is 19.6 Å². The molecule has 24 heavy (non-hydrogen) atoms. The molecule has 0 radical (unpaired) electrons. The fourth-order valence-corrected chi connectivity index (χ4v) is 4.84. The van der Waals surface area contributed by atoms with Gasteiger partial charge in [-0.1, -0.05) is 49.4 Å². The quantitative estimate of drug-likeness (QED) is 0.644. The van der Waals surface area contributed by atoms with E-state index in [-0.39, 0.29) is 0 Å². The maximum absolute atomic E-state index is 4.87. The summed E-state index contributed by atoms with van der Waals surface area (Å²) in [6.07, 6.45) is 2.47. The number of hydrogen-bond donors (Lipinski definition) is 0. The molecule has 0 amide bonds. The van der Waals surface area contributed by atoms with Gasteiger partial charge >= 0.3 is 0 Å². The zero-order chi connectivity index (χ0) is 16.4. The van der Waals surface area contributed by atoms with Crippen LogP contribution in [0.5, 0.6) is 0 Å². The minimum Gasteiger partial charge on any atom is -0.303 e. The number of thiazole rings is 1. The summed E-state index contributed by atoms with van der Waals surface area (Å²) < 4.78 is 1.33. The Morgan fingerprint density at radius 1 is 1.04 bits per heavy atom. The van der Waals surface area contributed by atoms with Crippen molar-refractivity contribution in [3.8, 4) is 0 Å². The molecule has 0 N–H and O–H groups in total. The summed E-state index contributed by atoms with van der Waals surface area (Å²) in [7, 11) is 0. The van der Waals surface area contributed by atoms with Gasteiger partial charge < -0.3 is 4.90 Å². The second kappa shape index (κ2) is 7.04. The van der Waals surface area contributed by atoms with E-state index in [2.05, 4.69) is 66.4 Å². The van der Waals surface area contributed by atoms with Crippen molar-refractivity contribution in [3.05, 3.63) is 65.2 Å². The van der Waals surface area contributed by atoms with Gasteiger partial charge in [-0.25, -0.2) is 4.98 Å². The Morgan fingerprint density at radius 3 is 2.50 bits per heavy atom. The van der Waals surface area contributed by atoms with Crippen LogP contribution in [-0.4, -0.2) is 29.5 Å². The second-order valence-corrected chi connectivity index (χ2v) is 7.97. The van der Waals surface area contributed by atoms with Gasteiger partial charge in [0.1, 0.15) is 0 Å². The average Bonchev–Trinajstić information content (AvgIpc) is 3.07. The lowest BCUT2D eigenvalue weighted by Crippen LogP contribution is -2.35. The average molecular weight is 337 g/mol. The first-order chi connectivity index (χ1) is 11.8. The number of piperidine rings is 1. The van der Waals surface area contributed by atoms with Crippen LogP contribution in [0.2, 0.25) is 0 Å². The van der Waals surface area contributed by atoms with E-state index in [4.69, 9.17) is 4.98 Å². The highest BCUT2D eigenvalue weighted by molar-refractivity contribution is 7.18. The first-order valence-electron chi connectivity index (χ1n) is 8.92. The first kappa shape index (κ1) is 15.8. The van der Waals surface area contributed by atoms with Gasteiger partial charge in [0.2, 0.25) is 0 Å². The molecule has 124 valence electrons. The molecule has 0 saturated carbocycles. The Hall–Kier alpha value is -1.71. The fourth-order valence-electron chi connectivity index (χ4n) is 3.70. The van der Waals surface area contributed by atoms with Gasteiger partial charge in [-0.2, -0.15) is 0 Å². The van der Waals surface area contributed by atoms with Crippen molar-refractivity contribution in [3.63, 3.8) is 0 Å². The van der Waals surface area contributed by atoms with E-state index in [1.165, 1.54) is 41.2 Å². The Kier molecular flexibility index (Phi) is 4.63. The van der Waals surface area contributed by atoms with E-state index in [9.17, 15) is 0 Å². The normalized spacial score (nSPS) is 18.0. The lowest BCUT2D eigenvalue weighted by Gasteiger charge is -2.32. The van der Waals surface area contributed by atoms with Gasteiger partial charge in [0.25, 0.3) is 0 Å². The van der Waals surface area contributed by atoms with Gasteiger partial charge in [0.15, 0.2) is 0 Å². The summed E-state index contributed by atoms with van der Waals surface area (Å²) in [5.41, 5.74) is 2.61. The number of likely N-dealkylation sites (tertiary alicyclic amines) is 1. The highest BCUT2D eigenvalue weighted by Crippen LogP contribution is 2.34. The molecule has 1 saturated heterocycles. The highest BCUT2D eigenvalue weighted by atomic mass is 32.1. The van der Waals surface area contributed by atoms with Crippen LogP contribution in [0.1, 0.15) is 42.2 Å². The van der Waals surface area contributed by atoms with Crippen molar-refractivity contribution in [2.45, 2.75) is 31.6 Å². The SMILES string of the molecule is CC(CN1CCC(c2nc3ccccc3s2)CC1)c1ccccc1. The summed E-state index contributed by atoms with van der Waals surface area (Å²) >= 11 is 1.89. The van der Waals surface area contributed by atoms with Crippen LogP contribution in [0, 0.1) is 0 Å². The first-order valence-corrected chi connectivity index (χ1v) is 9.74. The van der Waals surface area contributed by atoms with Crippen molar-refractivity contribution in [1.29, 1.82) is 0 Å². The van der Waals surface area contributed by atoms with Crippen LogP contribution in [0.15, 0.2) is 54.6 Å². The monoisotopic (exact) mass is 336 g/mol. The predicted molar refractivity (Wildman–Crippen MR) is 103 cm³/mol. The van der Waals surface area contributed by atoms with E-state index >= 15 is 0 Å². The third-order valence-corrected chi connectivity index (χ3v) is 6.35. The Labute approximate surface area is 148 Å². The topological polar surface area (TPSA) is 16.1 Å². The fraction of sp³-hybridized carbons (Fsp3) is 0.381. The molecule has 0 spiro atoms. The molecule has 2 aromatic carbocycles. The summed E-state index contributed by atoms with van der Waals surface area (Å²) in [6, 6.07) is 19.4. The molecule has 0 bridgehead atoms. The minimum absolute atomic E-state index is 0.602. The van der Waals surface area contributed by atoms with E-state index in [1.807, 2.05) is 11.3 Å². The molecule has 1 fully saturated rings. The van der Waals surface area contributed by atoms with E-state index in [0.29, 0.717) is 11.8 Å². The number of aromatic nitrogens is 1. The van der Waals surface area contributed by atoms with Crippen LogP contribution in [0.4, 0.5) is 0 Å². The van der Waals surface area contributed by atoms with E-state index < -0.39 is 0 Å². The number of nitrogens with zero attached hydrogens (tertiary/aromatic N) is 2. The molecule has 4 rings (SSSR count). The Bertz CT molecular complexity index is 755. The Balaban J connectivity index is 1.36. The third-order valence-electron chi connectivity index (χ3n) is 5.15. The summed E-state index contributed by atoms with van der Waals surface area (Å²) in [6.45, 7) is 5.89. The molecule has 3 aromatic rings. The molecule has 2 heterocycles. The predicted octanol–water partition coefficient (Wildman–Crippen LogP) is 5.28. The Morgan fingerprint density at radius 2 is 1.75 bits per heavy atom. The number of hydrogen-bond acceptors (Lipinski definition) is 3. The molecule has 1 aliphatic rings. The zero-order valence-electron chi connectivity index (χ0n) is 14.2. The van der Waals surface area contributed by atoms with Gasteiger partial charge in [0.05, 0.1) is 15.2 Å². The molecule has 1 aliphatic heterocycles.